The average Bonchev–Trinajstić information content (AvgIpc) is 2.31. The topological polar surface area (TPSA) is 0 Å². The van der Waals surface area contributed by atoms with E-state index in [0.29, 0.717) is 0 Å². The van der Waals surface area contributed by atoms with Gasteiger partial charge in [-0.25, -0.2) is 0 Å². The smallest absolute Gasteiger partial charge is 0.0278 e. The van der Waals surface area contributed by atoms with E-state index >= 15 is 0 Å². The second kappa shape index (κ2) is 8.32. The average molecular weight is 210 g/mol. The molecule has 0 atom stereocenters. The summed E-state index contributed by atoms with van der Waals surface area (Å²) >= 11 is 0. The van der Waals surface area contributed by atoms with Crippen molar-refractivity contribution in [2.75, 3.05) is 0 Å². The third-order valence-electron chi connectivity index (χ3n) is 1.87. The molecule has 0 fully saturated rings. The molecule has 0 aliphatic heterocycles. The lowest BCUT2D eigenvalue weighted by Gasteiger charge is -1.94. The first kappa shape index (κ1) is 14.0. The van der Waals surface area contributed by atoms with Gasteiger partial charge in [-0.05, 0) is 25.5 Å². The Morgan fingerprint density at radius 1 is 1.25 bits per heavy atom. The normalized spacial score (nSPS) is 8.62. The Bertz CT molecular complexity index is 425. The van der Waals surface area contributed by atoms with E-state index in [0.717, 1.165) is 11.1 Å². The van der Waals surface area contributed by atoms with E-state index in [-0.39, 0.29) is 0 Å². The molecule has 1 rings (SSSR count). The molecule has 0 radical (unpaired) electrons. The minimum atomic E-state index is 0.843. The molecule has 0 saturated heterocycles. The van der Waals surface area contributed by atoms with Crippen LogP contribution < -0.4 is 0 Å². The van der Waals surface area contributed by atoms with Gasteiger partial charge in [0.1, 0.15) is 0 Å². The lowest BCUT2D eigenvalue weighted by atomic mass is 10.1. The molecule has 0 aromatic heterocycles. The Kier molecular flexibility index (Phi) is 7.28. The summed E-state index contributed by atoms with van der Waals surface area (Å²) in [5.74, 6) is 6.11. The highest BCUT2D eigenvalue weighted by atomic mass is 13.9. The number of rotatable bonds is 1. The van der Waals surface area contributed by atoms with Crippen LogP contribution in [-0.2, 0) is 0 Å². The Morgan fingerprint density at radius 2 is 1.88 bits per heavy atom. The van der Waals surface area contributed by atoms with E-state index in [1.54, 1.807) is 0 Å². The van der Waals surface area contributed by atoms with Crippen LogP contribution in [0.5, 0.6) is 0 Å². The molecule has 0 heterocycles. The zero-order chi connectivity index (χ0) is 12.4. The first-order valence-corrected chi connectivity index (χ1v) is 5.13. The van der Waals surface area contributed by atoms with Gasteiger partial charge in [-0.1, -0.05) is 48.8 Å². The highest BCUT2D eigenvalue weighted by molar-refractivity contribution is 5.46. The summed E-state index contributed by atoms with van der Waals surface area (Å²) in [6.07, 6.45) is 3.85. The first-order chi connectivity index (χ1) is 7.74. The Labute approximate surface area is 99.0 Å². The lowest BCUT2D eigenvalue weighted by Crippen LogP contribution is -1.79. The van der Waals surface area contributed by atoms with E-state index in [9.17, 15) is 0 Å². The molecule has 0 saturated carbocycles. The second-order valence-electron chi connectivity index (χ2n) is 3.09. The molecule has 0 aliphatic rings. The maximum atomic E-state index is 3.83. The number of hydrogen-bond donors (Lipinski definition) is 0. The minimum absolute atomic E-state index is 0.843. The summed E-state index contributed by atoms with van der Waals surface area (Å²) in [5.41, 5.74) is 3.11. The molecule has 16 heavy (non-hydrogen) atoms. The van der Waals surface area contributed by atoms with Gasteiger partial charge < -0.3 is 0 Å². The van der Waals surface area contributed by atoms with Crippen molar-refractivity contribution in [3.8, 4) is 11.8 Å². The van der Waals surface area contributed by atoms with Gasteiger partial charge in [0.05, 0.1) is 0 Å². The molecule has 0 spiro atoms. The molecule has 0 unspecified atom stereocenters. The Balaban J connectivity index is 0.00000106. The molecule has 1 aromatic rings. The van der Waals surface area contributed by atoms with Gasteiger partial charge in [-0.3, -0.25) is 0 Å². The van der Waals surface area contributed by atoms with Crippen molar-refractivity contribution in [2.45, 2.75) is 13.8 Å². The molecular formula is C16H18. The molecule has 82 valence electrons. The summed E-state index contributed by atoms with van der Waals surface area (Å²) in [7, 11) is 0. The van der Waals surface area contributed by atoms with E-state index < -0.39 is 0 Å². The fourth-order valence-electron chi connectivity index (χ4n) is 1.10. The number of hydrogen-bond acceptors (Lipinski definition) is 0. The van der Waals surface area contributed by atoms with Crippen LogP contribution in [0.3, 0.4) is 0 Å². The molecule has 0 bridgehead atoms. The lowest BCUT2D eigenvalue weighted by molar-refractivity contribution is 1.44. The zero-order valence-electron chi connectivity index (χ0n) is 10.1. The molecule has 0 amide bonds. The fourth-order valence-corrected chi connectivity index (χ4v) is 1.10. The van der Waals surface area contributed by atoms with Crippen molar-refractivity contribution < 1.29 is 0 Å². The molecule has 0 aliphatic carbocycles. The second-order valence-corrected chi connectivity index (χ2v) is 3.09. The quantitative estimate of drug-likeness (QED) is 0.368. The summed E-state index contributed by atoms with van der Waals surface area (Å²) in [6, 6.07) is 8.09. The van der Waals surface area contributed by atoms with Crippen molar-refractivity contribution in [1.82, 2.24) is 0 Å². The van der Waals surface area contributed by atoms with Gasteiger partial charge in [0.25, 0.3) is 0 Å². The SMILES string of the molecule is C=C.C=C(C#Cc1ccccc1C)/C=C\C. The van der Waals surface area contributed by atoms with Crippen LogP contribution in [-0.4, -0.2) is 0 Å². The van der Waals surface area contributed by atoms with Crippen LogP contribution in [0.1, 0.15) is 18.1 Å². The molecule has 0 N–H and O–H groups in total. The van der Waals surface area contributed by atoms with E-state index in [1.807, 2.05) is 37.3 Å². The summed E-state index contributed by atoms with van der Waals surface area (Å²) in [6.45, 7) is 13.8. The monoisotopic (exact) mass is 210 g/mol. The standard InChI is InChI=1S/C14H14.C2H4/c1-4-7-12(2)10-11-14-9-6-5-8-13(14)3;1-2/h4-9H,2H2,1,3H3;1-2H2/b7-4-;. The van der Waals surface area contributed by atoms with Crippen LogP contribution in [0.15, 0.2) is 61.7 Å². The predicted octanol–water partition coefficient (Wildman–Crippen LogP) is 4.28. The highest BCUT2D eigenvalue weighted by Crippen LogP contribution is 2.04. The molecule has 0 nitrogen and oxygen atoms in total. The molecule has 0 heteroatoms. The fraction of sp³-hybridized carbons (Fsp3) is 0.125. The van der Waals surface area contributed by atoms with Gasteiger partial charge in [-0.2, -0.15) is 0 Å². The Hall–Kier alpha value is -2.00. The van der Waals surface area contributed by atoms with Crippen molar-refractivity contribution >= 4 is 0 Å². The van der Waals surface area contributed by atoms with Crippen LogP contribution in [0.2, 0.25) is 0 Å². The predicted molar refractivity (Wildman–Crippen MR) is 73.3 cm³/mol. The largest absolute Gasteiger partial charge is 0.106 e. The minimum Gasteiger partial charge on any atom is -0.106 e. The number of benzene rings is 1. The Morgan fingerprint density at radius 3 is 2.44 bits per heavy atom. The summed E-state index contributed by atoms with van der Waals surface area (Å²) < 4.78 is 0. The van der Waals surface area contributed by atoms with Gasteiger partial charge >= 0.3 is 0 Å². The van der Waals surface area contributed by atoms with Gasteiger partial charge in [0.2, 0.25) is 0 Å². The number of aryl methyl sites for hydroxylation is 1. The van der Waals surface area contributed by atoms with Gasteiger partial charge in [-0.15, -0.1) is 13.2 Å². The molecular weight excluding hydrogens is 192 g/mol. The maximum absolute atomic E-state index is 3.83. The van der Waals surface area contributed by atoms with Crippen molar-refractivity contribution in [1.29, 1.82) is 0 Å². The first-order valence-electron chi connectivity index (χ1n) is 5.13. The van der Waals surface area contributed by atoms with E-state index in [4.69, 9.17) is 0 Å². The van der Waals surface area contributed by atoms with Crippen molar-refractivity contribution in [3.05, 3.63) is 72.9 Å². The van der Waals surface area contributed by atoms with Crippen molar-refractivity contribution in [3.63, 3.8) is 0 Å². The zero-order valence-corrected chi connectivity index (χ0v) is 10.1. The van der Waals surface area contributed by atoms with Crippen LogP contribution in [0.4, 0.5) is 0 Å². The van der Waals surface area contributed by atoms with Crippen LogP contribution in [0.25, 0.3) is 0 Å². The van der Waals surface area contributed by atoms with E-state index in [2.05, 4.69) is 44.6 Å². The van der Waals surface area contributed by atoms with E-state index in [1.165, 1.54) is 5.56 Å². The van der Waals surface area contributed by atoms with Crippen LogP contribution in [0, 0.1) is 18.8 Å². The van der Waals surface area contributed by atoms with Gasteiger partial charge in [0, 0.05) is 11.1 Å². The van der Waals surface area contributed by atoms with Crippen molar-refractivity contribution in [2.24, 2.45) is 0 Å². The maximum Gasteiger partial charge on any atom is 0.0278 e. The van der Waals surface area contributed by atoms with Crippen LogP contribution >= 0.6 is 0 Å². The third-order valence-corrected chi connectivity index (χ3v) is 1.87. The summed E-state index contributed by atoms with van der Waals surface area (Å²) in [5, 5.41) is 0. The number of allylic oxidation sites excluding steroid dienone is 3. The third kappa shape index (κ3) is 5.02. The highest BCUT2D eigenvalue weighted by Gasteiger charge is 1.89. The summed E-state index contributed by atoms with van der Waals surface area (Å²) in [4.78, 5) is 0. The molecule has 1 aromatic carbocycles. The van der Waals surface area contributed by atoms with Gasteiger partial charge in [0.15, 0.2) is 0 Å².